The summed E-state index contributed by atoms with van der Waals surface area (Å²) in [7, 11) is 0. The lowest BCUT2D eigenvalue weighted by molar-refractivity contribution is -0.124. The molecule has 2 rings (SSSR count). The topological polar surface area (TPSA) is 46.2 Å². The second-order valence-electron chi connectivity index (χ2n) is 5.31. The monoisotopic (exact) mass is 295 g/mol. The third-order valence-electron chi connectivity index (χ3n) is 3.42. The Morgan fingerprint density at radius 3 is 2.18 bits per heavy atom. The number of amides is 1. The van der Waals surface area contributed by atoms with Gasteiger partial charge in [-0.05, 0) is 23.1 Å². The lowest BCUT2D eigenvalue weighted by atomic mass is 10.0. The minimum absolute atomic E-state index is 0.0249. The first-order valence-corrected chi connectivity index (χ1v) is 7.62. The van der Waals surface area contributed by atoms with Crippen molar-refractivity contribution in [2.24, 2.45) is 0 Å². The SMILES string of the molecule is CCCC(=O)NCC(=O)Cc1ccc(-c2ccccc2)cc1. The van der Waals surface area contributed by atoms with Crippen molar-refractivity contribution in [3.05, 3.63) is 60.2 Å². The first-order valence-electron chi connectivity index (χ1n) is 7.62. The summed E-state index contributed by atoms with van der Waals surface area (Å²) in [6.07, 6.45) is 1.61. The molecule has 0 aliphatic heterocycles. The Hall–Kier alpha value is -2.42. The number of nitrogens with one attached hydrogen (secondary N) is 1. The van der Waals surface area contributed by atoms with Gasteiger partial charge in [-0.15, -0.1) is 0 Å². The Morgan fingerprint density at radius 1 is 0.909 bits per heavy atom. The van der Waals surface area contributed by atoms with E-state index in [1.165, 1.54) is 0 Å². The first kappa shape index (κ1) is 16.0. The third-order valence-corrected chi connectivity index (χ3v) is 3.42. The maximum absolute atomic E-state index is 11.9. The maximum Gasteiger partial charge on any atom is 0.220 e. The van der Waals surface area contributed by atoms with Crippen LogP contribution in [0, 0.1) is 0 Å². The van der Waals surface area contributed by atoms with E-state index in [1.54, 1.807) is 0 Å². The molecule has 3 nitrogen and oxygen atoms in total. The predicted octanol–water partition coefficient (Wildman–Crippen LogP) is 3.38. The van der Waals surface area contributed by atoms with Gasteiger partial charge >= 0.3 is 0 Å². The van der Waals surface area contributed by atoms with E-state index in [0.29, 0.717) is 12.8 Å². The van der Waals surface area contributed by atoms with E-state index in [0.717, 1.165) is 23.1 Å². The highest BCUT2D eigenvalue weighted by atomic mass is 16.2. The van der Waals surface area contributed by atoms with Gasteiger partial charge in [0, 0.05) is 12.8 Å². The zero-order valence-corrected chi connectivity index (χ0v) is 12.8. The molecule has 2 aromatic rings. The van der Waals surface area contributed by atoms with Crippen molar-refractivity contribution in [1.29, 1.82) is 0 Å². The standard InChI is InChI=1S/C19H21NO2/c1-2-6-19(22)20-14-18(21)13-15-9-11-17(12-10-15)16-7-4-3-5-8-16/h3-5,7-12H,2,6,13-14H2,1H3,(H,20,22). The number of rotatable bonds is 7. The molecular formula is C19H21NO2. The van der Waals surface area contributed by atoms with Crippen LogP contribution in [0.3, 0.4) is 0 Å². The first-order chi connectivity index (χ1) is 10.7. The van der Waals surface area contributed by atoms with E-state index < -0.39 is 0 Å². The lowest BCUT2D eigenvalue weighted by Crippen LogP contribution is -2.29. The summed E-state index contributed by atoms with van der Waals surface area (Å²) in [5.41, 5.74) is 3.26. The minimum atomic E-state index is -0.0599. The van der Waals surface area contributed by atoms with Crippen LogP contribution in [0.2, 0.25) is 0 Å². The molecule has 0 spiro atoms. The van der Waals surface area contributed by atoms with E-state index >= 15 is 0 Å². The molecule has 0 fully saturated rings. The van der Waals surface area contributed by atoms with Crippen LogP contribution in [0.25, 0.3) is 11.1 Å². The molecule has 0 heterocycles. The lowest BCUT2D eigenvalue weighted by Gasteiger charge is -2.06. The number of hydrogen-bond donors (Lipinski definition) is 1. The summed E-state index contributed by atoms with van der Waals surface area (Å²) in [4.78, 5) is 23.2. The Balaban J connectivity index is 1.89. The van der Waals surface area contributed by atoms with Crippen molar-refractivity contribution in [1.82, 2.24) is 5.32 Å². The molecule has 2 aromatic carbocycles. The molecule has 0 aliphatic rings. The highest BCUT2D eigenvalue weighted by Crippen LogP contribution is 2.19. The summed E-state index contributed by atoms with van der Waals surface area (Å²) in [6.45, 7) is 2.05. The fourth-order valence-electron chi connectivity index (χ4n) is 2.25. The second kappa shape index (κ2) is 8.13. The zero-order valence-electron chi connectivity index (χ0n) is 12.8. The van der Waals surface area contributed by atoms with Crippen LogP contribution in [-0.2, 0) is 16.0 Å². The number of ketones is 1. The number of hydrogen-bond acceptors (Lipinski definition) is 2. The molecule has 0 aromatic heterocycles. The van der Waals surface area contributed by atoms with Gasteiger partial charge in [-0.25, -0.2) is 0 Å². The summed E-state index contributed by atoms with van der Waals surface area (Å²) >= 11 is 0. The van der Waals surface area contributed by atoms with Crippen LogP contribution in [-0.4, -0.2) is 18.2 Å². The average Bonchev–Trinajstić information content (AvgIpc) is 2.55. The van der Waals surface area contributed by atoms with Gasteiger partial charge in [-0.3, -0.25) is 9.59 Å². The molecule has 0 aliphatic carbocycles. The van der Waals surface area contributed by atoms with Crippen LogP contribution in [0.15, 0.2) is 54.6 Å². The van der Waals surface area contributed by atoms with Crippen LogP contribution >= 0.6 is 0 Å². The van der Waals surface area contributed by atoms with Gasteiger partial charge in [0.2, 0.25) is 5.91 Å². The Kier molecular flexibility index (Phi) is 5.90. The van der Waals surface area contributed by atoms with Gasteiger partial charge in [0.05, 0.1) is 6.54 Å². The van der Waals surface area contributed by atoms with E-state index in [-0.39, 0.29) is 18.2 Å². The van der Waals surface area contributed by atoms with Crippen molar-refractivity contribution in [2.75, 3.05) is 6.54 Å². The fourth-order valence-corrected chi connectivity index (χ4v) is 2.25. The predicted molar refractivity (Wildman–Crippen MR) is 88.5 cm³/mol. The van der Waals surface area contributed by atoms with E-state index in [9.17, 15) is 9.59 Å². The molecule has 0 saturated heterocycles. The van der Waals surface area contributed by atoms with Gasteiger partial charge in [-0.2, -0.15) is 0 Å². The Bertz CT molecular complexity index is 618. The van der Waals surface area contributed by atoms with E-state index in [2.05, 4.69) is 17.4 Å². The Labute approximate surface area is 131 Å². The summed E-state index contributed by atoms with van der Waals surface area (Å²) in [5, 5.41) is 2.65. The Morgan fingerprint density at radius 2 is 1.55 bits per heavy atom. The summed E-state index contributed by atoms with van der Waals surface area (Å²) < 4.78 is 0. The average molecular weight is 295 g/mol. The van der Waals surface area contributed by atoms with Crippen molar-refractivity contribution < 1.29 is 9.59 Å². The van der Waals surface area contributed by atoms with Gasteiger partial charge in [0.15, 0.2) is 5.78 Å². The number of Topliss-reactive ketones (excluding diaryl/α,β-unsaturated/α-hetero) is 1. The quantitative estimate of drug-likeness (QED) is 0.851. The van der Waals surface area contributed by atoms with Gasteiger partial charge in [-0.1, -0.05) is 61.5 Å². The van der Waals surface area contributed by atoms with Crippen molar-refractivity contribution in [3.8, 4) is 11.1 Å². The molecule has 0 saturated carbocycles. The van der Waals surface area contributed by atoms with Crippen LogP contribution in [0.5, 0.6) is 0 Å². The molecule has 3 heteroatoms. The van der Waals surface area contributed by atoms with Crippen LogP contribution in [0.1, 0.15) is 25.3 Å². The minimum Gasteiger partial charge on any atom is -0.349 e. The fraction of sp³-hybridized carbons (Fsp3) is 0.263. The summed E-state index contributed by atoms with van der Waals surface area (Å²) in [6, 6.07) is 18.1. The summed E-state index contributed by atoms with van der Waals surface area (Å²) in [5.74, 6) is -0.0350. The largest absolute Gasteiger partial charge is 0.349 e. The number of carbonyl (C=O) groups is 2. The molecule has 1 amide bonds. The van der Waals surface area contributed by atoms with Crippen molar-refractivity contribution in [3.63, 3.8) is 0 Å². The molecule has 0 radical (unpaired) electrons. The smallest absolute Gasteiger partial charge is 0.220 e. The van der Waals surface area contributed by atoms with E-state index in [4.69, 9.17) is 0 Å². The van der Waals surface area contributed by atoms with Crippen LogP contribution < -0.4 is 5.32 Å². The number of carbonyl (C=O) groups excluding carboxylic acids is 2. The molecule has 1 N–H and O–H groups in total. The van der Waals surface area contributed by atoms with Gasteiger partial charge in [0.1, 0.15) is 0 Å². The molecule has 114 valence electrons. The van der Waals surface area contributed by atoms with Gasteiger partial charge < -0.3 is 5.32 Å². The molecular weight excluding hydrogens is 274 g/mol. The zero-order chi connectivity index (χ0) is 15.8. The maximum atomic E-state index is 11.9. The van der Waals surface area contributed by atoms with Gasteiger partial charge in [0.25, 0.3) is 0 Å². The highest BCUT2D eigenvalue weighted by Gasteiger charge is 2.06. The second-order valence-corrected chi connectivity index (χ2v) is 5.31. The molecule has 0 bridgehead atoms. The third kappa shape index (κ3) is 4.85. The van der Waals surface area contributed by atoms with Crippen molar-refractivity contribution >= 4 is 11.7 Å². The molecule has 0 unspecified atom stereocenters. The van der Waals surface area contributed by atoms with Crippen LogP contribution in [0.4, 0.5) is 0 Å². The number of benzene rings is 2. The highest BCUT2D eigenvalue weighted by molar-refractivity contribution is 5.87. The molecule has 0 atom stereocenters. The normalized spacial score (nSPS) is 10.2. The van der Waals surface area contributed by atoms with Crippen molar-refractivity contribution in [2.45, 2.75) is 26.2 Å². The van der Waals surface area contributed by atoms with E-state index in [1.807, 2.05) is 49.4 Å². The molecule has 22 heavy (non-hydrogen) atoms.